The van der Waals surface area contributed by atoms with Gasteiger partial charge in [0.25, 0.3) is 5.91 Å². The Morgan fingerprint density at radius 2 is 2.05 bits per heavy atom. The van der Waals surface area contributed by atoms with Crippen molar-refractivity contribution in [1.82, 2.24) is 15.1 Å². The summed E-state index contributed by atoms with van der Waals surface area (Å²) >= 11 is 0. The summed E-state index contributed by atoms with van der Waals surface area (Å²) in [6.07, 6.45) is 0. The number of hydrogen-bond acceptors (Lipinski definition) is 3. The van der Waals surface area contributed by atoms with Crippen molar-refractivity contribution in [3.63, 3.8) is 0 Å². The molecule has 1 aromatic carbocycles. The molecule has 0 spiro atoms. The monoisotopic (exact) mass is 294 g/mol. The third-order valence-electron chi connectivity index (χ3n) is 2.98. The topological polar surface area (TPSA) is 58.9 Å². The molecule has 0 unspecified atom stereocenters. The highest BCUT2D eigenvalue weighted by Gasteiger charge is 2.12. The predicted molar refractivity (Wildman–Crippen MR) is 82.4 cm³/mol. The minimum atomic E-state index is -0.188. The van der Waals surface area contributed by atoms with Gasteiger partial charge in [-0.1, -0.05) is 18.2 Å². The van der Waals surface area contributed by atoms with Crippen molar-refractivity contribution < 1.29 is 4.79 Å². The van der Waals surface area contributed by atoms with Crippen LogP contribution in [0.25, 0.3) is 0 Å². The first-order valence-corrected chi connectivity index (χ1v) is 6.16. The van der Waals surface area contributed by atoms with Gasteiger partial charge in [-0.05, 0) is 31.7 Å². The molecule has 5 nitrogen and oxygen atoms in total. The quantitative estimate of drug-likeness (QED) is 0.908. The number of nitrogens with zero attached hydrogens (tertiary/aromatic N) is 2. The molecule has 0 saturated carbocycles. The van der Waals surface area contributed by atoms with Gasteiger partial charge in [-0.25, -0.2) is 0 Å². The third-order valence-corrected chi connectivity index (χ3v) is 2.98. The molecule has 2 rings (SSSR count). The van der Waals surface area contributed by atoms with Crippen LogP contribution < -0.4 is 10.6 Å². The lowest BCUT2D eigenvalue weighted by Crippen LogP contribution is -2.16. The van der Waals surface area contributed by atoms with Crippen molar-refractivity contribution in [3.05, 3.63) is 47.3 Å². The fourth-order valence-corrected chi connectivity index (χ4v) is 1.84. The van der Waals surface area contributed by atoms with Crippen LogP contribution in [0.1, 0.15) is 21.7 Å². The molecule has 0 atom stereocenters. The van der Waals surface area contributed by atoms with Crippen molar-refractivity contribution in [3.8, 4) is 0 Å². The summed E-state index contributed by atoms with van der Waals surface area (Å²) in [4.78, 5) is 12.1. The predicted octanol–water partition coefficient (Wildman–Crippen LogP) is 2.12. The van der Waals surface area contributed by atoms with Gasteiger partial charge in [0.2, 0.25) is 0 Å². The smallest absolute Gasteiger partial charge is 0.276 e. The lowest BCUT2D eigenvalue weighted by Gasteiger charge is -2.09. The van der Waals surface area contributed by atoms with E-state index in [2.05, 4.69) is 15.7 Å². The maximum Gasteiger partial charge on any atom is 0.276 e. The molecule has 0 bridgehead atoms. The highest BCUT2D eigenvalue weighted by molar-refractivity contribution is 6.03. The van der Waals surface area contributed by atoms with Crippen LogP contribution in [0.5, 0.6) is 0 Å². The normalized spacial score (nSPS) is 9.95. The van der Waals surface area contributed by atoms with E-state index in [4.69, 9.17) is 0 Å². The fourth-order valence-electron chi connectivity index (χ4n) is 1.84. The van der Waals surface area contributed by atoms with Gasteiger partial charge in [-0.15, -0.1) is 12.4 Å². The Morgan fingerprint density at radius 3 is 2.65 bits per heavy atom. The first-order valence-electron chi connectivity index (χ1n) is 6.16. The molecule has 0 radical (unpaired) electrons. The molecule has 1 heterocycles. The molecular weight excluding hydrogens is 276 g/mol. The van der Waals surface area contributed by atoms with Crippen molar-refractivity contribution >= 4 is 24.0 Å². The van der Waals surface area contributed by atoms with Gasteiger partial charge >= 0.3 is 0 Å². The Labute approximate surface area is 124 Å². The highest BCUT2D eigenvalue weighted by atomic mass is 35.5. The molecule has 6 heteroatoms. The van der Waals surface area contributed by atoms with Gasteiger partial charge in [0.05, 0.1) is 0 Å². The standard InChI is InChI=1S/C14H18N4O.ClH/c1-10-8-13(17-18(10)3)14(19)16-12-7-5-4-6-11(12)9-15-2;/h4-8,15H,9H2,1-3H3,(H,16,19);1H. The summed E-state index contributed by atoms with van der Waals surface area (Å²) in [5.41, 5.74) is 3.24. The molecule has 1 amide bonds. The van der Waals surface area contributed by atoms with Gasteiger partial charge < -0.3 is 10.6 Å². The SMILES string of the molecule is CNCc1ccccc1NC(=O)c1cc(C)n(C)n1.Cl. The largest absolute Gasteiger partial charge is 0.320 e. The zero-order valence-electron chi connectivity index (χ0n) is 11.8. The average Bonchev–Trinajstić information content (AvgIpc) is 2.72. The number of benzene rings is 1. The van der Waals surface area contributed by atoms with Crippen molar-refractivity contribution in [2.45, 2.75) is 13.5 Å². The van der Waals surface area contributed by atoms with Crippen LogP contribution in [0.3, 0.4) is 0 Å². The first-order chi connectivity index (χ1) is 9.11. The van der Waals surface area contributed by atoms with Crippen molar-refractivity contribution in [2.24, 2.45) is 7.05 Å². The molecule has 0 fully saturated rings. The van der Waals surface area contributed by atoms with Crippen LogP contribution >= 0.6 is 12.4 Å². The van der Waals surface area contributed by atoms with Gasteiger partial charge in [0.1, 0.15) is 0 Å². The summed E-state index contributed by atoms with van der Waals surface area (Å²) in [5.74, 6) is -0.188. The summed E-state index contributed by atoms with van der Waals surface area (Å²) < 4.78 is 1.69. The van der Waals surface area contributed by atoms with Crippen molar-refractivity contribution in [1.29, 1.82) is 0 Å². The summed E-state index contributed by atoms with van der Waals surface area (Å²) in [6.45, 7) is 2.62. The number of carbonyl (C=O) groups excluding carboxylic acids is 1. The Balaban J connectivity index is 0.00000200. The van der Waals surface area contributed by atoms with E-state index in [1.54, 1.807) is 10.7 Å². The minimum absolute atomic E-state index is 0. The zero-order valence-corrected chi connectivity index (χ0v) is 12.6. The minimum Gasteiger partial charge on any atom is -0.320 e. The number of amides is 1. The maximum atomic E-state index is 12.1. The van der Waals surface area contributed by atoms with Gasteiger partial charge in [-0.2, -0.15) is 5.10 Å². The van der Waals surface area contributed by atoms with Crippen LogP contribution in [0, 0.1) is 6.92 Å². The Kier molecular flexibility index (Phi) is 5.73. The first kappa shape index (κ1) is 16.2. The number of rotatable bonds is 4. The fraction of sp³-hybridized carbons (Fsp3) is 0.286. The number of aromatic nitrogens is 2. The second-order valence-electron chi connectivity index (χ2n) is 4.44. The Hall–Kier alpha value is -1.85. The number of halogens is 1. The summed E-state index contributed by atoms with van der Waals surface area (Å²) in [6, 6.07) is 9.50. The van der Waals surface area contributed by atoms with Gasteiger partial charge in [-0.3, -0.25) is 9.48 Å². The van der Waals surface area contributed by atoms with E-state index < -0.39 is 0 Å². The number of para-hydroxylation sites is 1. The lowest BCUT2D eigenvalue weighted by molar-refractivity contribution is 0.102. The maximum absolute atomic E-state index is 12.1. The lowest BCUT2D eigenvalue weighted by atomic mass is 10.1. The number of nitrogens with one attached hydrogen (secondary N) is 2. The van der Waals surface area contributed by atoms with Crippen LogP contribution in [-0.2, 0) is 13.6 Å². The second-order valence-corrected chi connectivity index (χ2v) is 4.44. The number of hydrogen-bond donors (Lipinski definition) is 2. The molecule has 0 aliphatic heterocycles. The highest BCUT2D eigenvalue weighted by Crippen LogP contribution is 2.16. The third kappa shape index (κ3) is 3.59. The second kappa shape index (κ2) is 7.07. The van der Waals surface area contributed by atoms with E-state index in [1.165, 1.54) is 0 Å². The van der Waals surface area contributed by atoms with Crippen LogP contribution in [0.15, 0.2) is 30.3 Å². The number of anilines is 1. The summed E-state index contributed by atoms with van der Waals surface area (Å²) in [5, 5.41) is 10.1. The zero-order chi connectivity index (χ0) is 13.8. The van der Waals surface area contributed by atoms with E-state index in [0.717, 1.165) is 16.9 Å². The van der Waals surface area contributed by atoms with Crippen LogP contribution in [0.2, 0.25) is 0 Å². The number of carbonyl (C=O) groups is 1. The van der Waals surface area contributed by atoms with Crippen LogP contribution in [-0.4, -0.2) is 22.7 Å². The Bertz CT molecular complexity index is 575. The van der Waals surface area contributed by atoms with E-state index >= 15 is 0 Å². The molecule has 0 aliphatic rings. The Morgan fingerprint density at radius 1 is 1.35 bits per heavy atom. The van der Waals surface area contributed by atoms with Gasteiger partial charge in [0, 0.05) is 25.0 Å². The molecule has 2 N–H and O–H groups in total. The van der Waals surface area contributed by atoms with E-state index in [-0.39, 0.29) is 18.3 Å². The van der Waals surface area contributed by atoms with Gasteiger partial charge in [0.15, 0.2) is 5.69 Å². The molecule has 2 aromatic rings. The molecule has 1 aromatic heterocycles. The van der Waals surface area contributed by atoms with E-state index in [1.807, 2.05) is 45.3 Å². The molecule has 0 saturated heterocycles. The van der Waals surface area contributed by atoms with E-state index in [0.29, 0.717) is 12.2 Å². The van der Waals surface area contributed by atoms with E-state index in [9.17, 15) is 4.79 Å². The average molecular weight is 295 g/mol. The number of aryl methyl sites for hydroxylation is 2. The molecule has 108 valence electrons. The molecule has 20 heavy (non-hydrogen) atoms. The van der Waals surface area contributed by atoms with Crippen molar-refractivity contribution in [2.75, 3.05) is 12.4 Å². The molecule has 0 aliphatic carbocycles. The van der Waals surface area contributed by atoms with Crippen LogP contribution in [0.4, 0.5) is 5.69 Å². The molecular formula is C14H19ClN4O. The summed E-state index contributed by atoms with van der Waals surface area (Å²) in [7, 11) is 3.70.